The van der Waals surface area contributed by atoms with Crippen molar-refractivity contribution in [3.8, 4) is 0 Å². The van der Waals surface area contributed by atoms with Crippen LogP contribution in [0.5, 0.6) is 0 Å². The molecule has 0 radical (unpaired) electrons. The highest BCUT2D eigenvalue weighted by Crippen LogP contribution is 2.28. The Morgan fingerprint density at radius 2 is 2.11 bits per heavy atom. The molecule has 0 heterocycles. The fraction of sp³-hybridized carbons (Fsp3) is 0.500. The van der Waals surface area contributed by atoms with Gasteiger partial charge in [0.1, 0.15) is 0 Å². The van der Waals surface area contributed by atoms with Gasteiger partial charge in [-0.05, 0) is 37.0 Å². The molecule has 0 aliphatic heterocycles. The quantitative estimate of drug-likeness (QED) is 0.778. The number of hydrogen-bond acceptors (Lipinski definition) is 1. The van der Waals surface area contributed by atoms with Gasteiger partial charge in [-0.15, -0.1) is 11.6 Å². The Morgan fingerprint density at radius 1 is 1.37 bits per heavy atom. The molecule has 2 rings (SSSR count). The van der Waals surface area contributed by atoms with E-state index in [1.165, 1.54) is 12.8 Å². The molecule has 0 bridgehead atoms. The van der Waals surface area contributed by atoms with Crippen LogP contribution < -0.4 is 5.32 Å². The number of alkyl halides is 1. The number of benzene rings is 1. The van der Waals surface area contributed by atoms with Gasteiger partial charge in [-0.3, -0.25) is 4.79 Å². The Hall–Kier alpha value is -0.250. The lowest BCUT2D eigenvalue weighted by Crippen LogP contribution is -2.34. The fourth-order valence-corrected chi connectivity index (χ4v) is 3.51. The lowest BCUT2D eigenvalue weighted by Gasteiger charge is -2.27. The van der Waals surface area contributed by atoms with Crippen LogP contribution in [0, 0.1) is 5.92 Å². The zero-order valence-electron chi connectivity index (χ0n) is 10.5. The summed E-state index contributed by atoms with van der Waals surface area (Å²) < 4.78 is 0.863. The first-order valence-electron chi connectivity index (χ1n) is 6.45. The lowest BCUT2D eigenvalue weighted by atomic mass is 9.88. The zero-order chi connectivity index (χ0) is 13.8. The zero-order valence-corrected chi connectivity index (χ0v) is 13.6. The summed E-state index contributed by atoms with van der Waals surface area (Å²) in [6, 6.07) is 5.26. The number of rotatable bonds is 3. The maximum atomic E-state index is 12.1. The van der Waals surface area contributed by atoms with Gasteiger partial charge in [0.05, 0.1) is 10.6 Å². The first-order chi connectivity index (χ1) is 9.08. The predicted octanol–water partition coefficient (Wildman–Crippen LogP) is 4.63. The van der Waals surface area contributed by atoms with Gasteiger partial charge in [-0.2, -0.15) is 0 Å². The first-order valence-corrected chi connectivity index (χ1v) is 8.06. The number of hydrogen-bond donors (Lipinski definition) is 1. The summed E-state index contributed by atoms with van der Waals surface area (Å²) in [5.41, 5.74) is 0.506. The number of nitrogens with one attached hydrogen (secondary N) is 1. The number of halogens is 3. The Labute approximate surface area is 132 Å². The van der Waals surface area contributed by atoms with Crippen LogP contribution in [-0.4, -0.2) is 17.8 Å². The molecule has 1 amide bonds. The maximum Gasteiger partial charge on any atom is 0.252 e. The molecule has 5 heteroatoms. The standard InChI is InChI=1S/C14H16BrCl2NO/c15-10-5-6-11(13(17)7-10)14(19)18-8-9-3-1-2-4-12(9)16/h5-7,9,12H,1-4,8H2,(H,18,19). The highest BCUT2D eigenvalue weighted by atomic mass is 79.9. The Kier molecular flexibility index (Phi) is 5.55. The monoisotopic (exact) mass is 363 g/mol. The van der Waals surface area contributed by atoms with E-state index in [4.69, 9.17) is 23.2 Å². The Morgan fingerprint density at radius 3 is 2.79 bits per heavy atom. The molecular formula is C14H16BrCl2NO. The van der Waals surface area contributed by atoms with Crippen LogP contribution in [0.25, 0.3) is 0 Å². The molecule has 0 saturated heterocycles. The molecule has 1 aromatic rings. The van der Waals surface area contributed by atoms with Crippen molar-refractivity contribution in [3.63, 3.8) is 0 Å². The van der Waals surface area contributed by atoms with Crippen molar-refractivity contribution in [3.05, 3.63) is 33.3 Å². The smallest absolute Gasteiger partial charge is 0.252 e. The minimum atomic E-state index is -0.132. The third-order valence-electron chi connectivity index (χ3n) is 3.52. The van der Waals surface area contributed by atoms with Crippen molar-refractivity contribution in [2.45, 2.75) is 31.1 Å². The van der Waals surface area contributed by atoms with E-state index in [0.29, 0.717) is 23.0 Å². The summed E-state index contributed by atoms with van der Waals surface area (Å²) in [5.74, 6) is 0.237. The predicted molar refractivity (Wildman–Crippen MR) is 83.1 cm³/mol. The van der Waals surface area contributed by atoms with Gasteiger partial charge in [-0.1, -0.05) is 40.4 Å². The van der Waals surface area contributed by atoms with Crippen LogP contribution in [0.4, 0.5) is 0 Å². The maximum absolute atomic E-state index is 12.1. The van der Waals surface area contributed by atoms with Crippen molar-refractivity contribution in [2.75, 3.05) is 6.54 Å². The fourth-order valence-electron chi connectivity index (χ4n) is 2.38. The third kappa shape index (κ3) is 4.11. The molecule has 0 spiro atoms. The molecule has 1 aliphatic rings. The van der Waals surface area contributed by atoms with E-state index in [1.807, 2.05) is 6.07 Å². The van der Waals surface area contributed by atoms with Gasteiger partial charge in [0.15, 0.2) is 0 Å². The van der Waals surface area contributed by atoms with E-state index in [9.17, 15) is 4.79 Å². The van der Waals surface area contributed by atoms with Gasteiger partial charge >= 0.3 is 0 Å². The molecule has 2 nitrogen and oxygen atoms in total. The average Bonchev–Trinajstić information content (AvgIpc) is 2.37. The molecular weight excluding hydrogens is 349 g/mol. The minimum absolute atomic E-state index is 0.132. The van der Waals surface area contributed by atoms with Crippen molar-refractivity contribution >= 4 is 45.0 Å². The summed E-state index contributed by atoms with van der Waals surface area (Å²) in [7, 11) is 0. The molecule has 1 N–H and O–H groups in total. The lowest BCUT2D eigenvalue weighted by molar-refractivity contribution is 0.0944. The van der Waals surface area contributed by atoms with Gasteiger partial charge in [0.25, 0.3) is 5.91 Å². The molecule has 2 unspecified atom stereocenters. The molecule has 1 saturated carbocycles. The van der Waals surface area contributed by atoms with E-state index < -0.39 is 0 Å². The second-order valence-electron chi connectivity index (χ2n) is 4.89. The topological polar surface area (TPSA) is 29.1 Å². The molecule has 2 atom stereocenters. The van der Waals surface area contributed by atoms with E-state index >= 15 is 0 Å². The number of amides is 1. The summed E-state index contributed by atoms with van der Waals surface area (Å²) in [5, 5.41) is 3.57. The van der Waals surface area contributed by atoms with Gasteiger partial charge in [-0.25, -0.2) is 0 Å². The molecule has 19 heavy (non-hydrogen) atoms. The Balaban J connectivity index is 1.93. The molecule has 1 fully saturated rings. The summed E-state index contributed by atoms with van der Waals surface area (Å²) in [6.45, 7) is 0.624. The van der Waals surface area contributed by atoms with E-state index in [2.05, 4.69) is 21.2 Å². The molecule has 1 aromatic carbocycles. The molecule has 104 valence electrons. The minimum Gasteiger partial charge on any atom is -0.352 e. The second kappa shape index (κ2) is 6.96. The van der Waals surface area contributed by atoms with E-state index in [0.717, 1.165) is 17.3 Å². The number of carbonyl (C=O) groups excluding carboxylic acids is 1. The molecule has 1 aliphatic carbocycles. The van der Waals surface area contributed by atoms with E-state index in [1.54, 1.807) is 12.1 Å². The normalized spacial score (nSPS) is 23.1. The largest absolute Gasteiger partial charge is 0.352 e. The van der Waals surface area contributed by atoms with Gasteiger partial charge in [0, 0.05) is 16.4 Å². The highest BCUT2D eigenvalue weighted by molar-refractivity contribution is 9.10. The SMILES string of the molecule is O=C(NCC1CCCCC1Cl)c1ccc(Br)cc1Cl. The number of carbonyl (C=O) groups is 1. The first kappa shape index (κ1) is 15.1. The summed E-state index contributed by atoms with van der Waals surface area (Å²) in [6.07, 6.45) is 4.52. The second-order valence-corrected chi connectivity index (χ2v) is 6.78. The van der Waals surface area contributed by atoms with Crippen LogP contribution in [0.1, 0.15) is 36.0 Å². The van der Waals surface area contributed by atoms with Crippen LogP contribution in [0.15, 0.2) is 22.7 Å². The van der Waals surface area contributed by atoms with Crippen LogP contribution in [0.3, 0.4) is 0 Å². The van der Waals surface area contributed by atoms with Crippen LogP contribution in [-0.2, 0) is 0 Å². The third-order valence-corrected chi connectivity index (χ3v) is 4.90. The van der Waals surface area contributed by atoms with Gasteiger partial charge in [0.2, 0.25) is 0 Å². The average molecular weight is 365 g/mol. The van der Waals surface area contributed by atoms with Crippen molar-refractivity contribution in [1.29, 1.82) is 0 Å². The summed E-state index contributed by atoms with van der Waals surface area (Å²) >= 11 is 15.7. The van der Waals surface area contributed by atoms with Crippen LogP contribution in [0.2, 0.25) is 5.02 Å². The van der Waals surface area contributed by atoms with Crippen molar-refractivity contribution < 1.29 is 4.79 Å². The van der Waals surface area contributed by atoms with Crippen LogP contribution >= 0.6 is 39.1 Å². The van der Waals surface area contributed by atoms with Crippen molar-refractivity contribution in [1.82, 2.24) is 5.32 Å². The van der Waals surface area contributed by atoms with Gasteiger partial charge < -0.3 is 5.32 Å². The van der Waals surface area contributed by atoms with Crippen molar-refractivity contribution in [2.24, 2.45) is 5.92 Å². The summed E-state index contributed by atoms with van der Waals surface area (Å²) in [4.78, 5) is 12.1. The van der Waals surface area contributed by atoms with E-state index in [-0.39, 0.29) is 11.3 Å². The highest BCUT2D eigenvalue weighted by Gasteiger charge is 2.23. The Bertz CT molecular complexity index is 467. The molecule has 0 aromatic heterocycles.